The zero-order valence-corrected chi connectivity index (χ0v) is 18.4. The Labute approximate surface area is 180 Å². The molecule has 30 heavy (non-hydrogen) atoms. The molecule has 1 heterocycles. The number of ether oxygens (including phenoxy) is 2. The summed E-state index contributed by atoms with van der Waals surface area (Å²) in [5.41, 5.74) is 2.33. The topological polar surface area (TPSA) is 58.1 Å². The molecule has 1 unspecified atom stereocenters. The highest BCUT2D eigenvalue weighted by molar-refractivity contribution is 5.93. The van der Waals surface area contributed by atoms with Gasteiger partial charge in [-0.3, -0.25) is 4.99 Å². The molecule has 1 aliphatic heterocycles. The van der Waals surface area contributed by atoms with Gasteiger partial charge in [0.05, 0.1) is 14.2 Å². The average molecular weight is 411 g/mol. The standard InChI is InChI=1S/C24H34N4O2/c1-4-25-24(27-21-10-11-22(29-2)23(16-21)30-3)26-17-20-13-15-28(18-20)14-12-19-8-6-5-7-9-19/h5-11,16,20H,4,12-15,17-18H2,1-3H3,(H2,25,26,27). The van der Waals surface area contributed by atoms with E-state index in [0.29, 0.717) is 17.4 Å². The molecule has 1 aliphatic rings. The molecular weight excluding hydrogens is 376 g/mol. The highest BCUT2D eigenvalue weighted by Gasteiger charge is 2.22. The van der Waals surface area contributed by atoms with Gasteiger partial charge < -0.3 is 25.0 Å². The van der Waals surface area contributed by atoms with E-state index in [-0.39, 0.29) is 0 Å². The van der Waals surface area contributed by atoms with E-state index in [0.717, 1.165) is 50.8 Å². The molecule has 1 atom stereocenters. The number of nitrogens with one attached hydrogen (secondary N) is 2. The van der Waals surface area contributed by atoms with Gasteiger partial charge >= 0.3 is 0 Å². The van der Waals surface area contributed by atoms with Crippen LogP contribution in [0, 0.1) is 5.92 Å². The molecule has 0 saturated carbocycles. The monoisotopic (exact) mass is 410 g/mol. The van der Waals surface area contributed by atoms with Gasteiger partial charge in [-0.2, -0.15) is 0 Å². The molecule has 0 radical (unpaired) electrons. The summed E-state index contributed by atoms with van der Waals surface area (Å²) in [5, 5.41) is 6.71. The Morgan fingerprint density at radius 1 is 1.10 bits per heavy atom. The molecular formula is C24H34N4O2. The molecule has 6 heteroatoms. The maximum absolute atomic E-state index is 5.40. The maximum Gasteiger partial charge on any atom is 0.195 e. The summed E-state index contributed by atoms with van der Waals surface area (Å²) in [6, 6.07) is 16.5. The number of rotatable bonds is 9. The molecule has 162 valence electrons. The summed E-state index contributed by atoms with van der Waals surface area (Å²) in [5.74, 6) is 2.81. The number of hydrogen-bond acceptors (Lipinski definition) is 4. The Morgan fingerprint density at radius 3 is 2.63 bits per heavy atom. The molecule has 3 rings (SSSR count). The largest absolute Gasteiger partial charge is 0.493 e. The molecule has 6 nitrogen and oxygen atoms in total. The van der Waals surface area contributed by atoms with Crippen LogP contribution in [0.1, 0.15) is 18.9 Å². The normalized spacial score (nSPS) is 17.0. The SMILES string of the molecule is CCNC(=NCC1CCN(CCc2ccccc2)C1)Nc1ccc(OC)c(OC)c1. The van der Waals surface area contributed by atoms with Crippen molar-refractivity contribution in [3.8, 4) is 11.5 Å². The average Bonchev–Trinajstić information content (AvgIpc) is 3.24. The third kappa shape index (κ3) is 6.39. The summed E-state index contributed by atoms with van der Waals surface area (Å²) >= 11 is 0. The first kappa shape index (κ1) is 22.0. The zero-order valence-electron chi connectivity index (χ0n) is 18.4. The van der Waals surface area contributed by atoms with E-state index < -0.39 is 0 Å². The van der Waals surface area contributed by atoms with Crippen molar-refractivity contribution in [2.45, 2.75) is 19.8 Å². The van der Waals surface area contributed by atoms with Crippen LogP contribution in [0.4, 0.5) is 5.69 Å². The van der Waals surface area contributed by atoms with Gasteiger partial charge in [-0.1, -0.05) is 30.3 Å². The second kappa shape index (κ2) is 11.5. The van der Waals surface area contributed by atoms with Crippen molar-refractivity contribution in [1.29, 1.82) is 0 Å². The number of aliphatic imine (C=N–C) groups is 1. The van der Waals surface area contributed by atoms with Crippen LogP contribution < -0.4 is 20.1 Å². The van der Waals surface area contributed by atoms with Crippen LogP contribution in [-0.4, -0.2) is 57.8 Å². The number of likely N-dealkylation sites (tertiary alicyclic amines) is 1. The fraction of sp³-hybridized carbons (Fsp3) is 0.458. The van der Waals surface area contributed by atoms with Gasteiger partial charge in [-0.15, -0.1) is 0 Å². The zero-order chi connectivity index (χ0) is 21.2. The van der Waals surface area contributed by atoms with Crippen LogP contribution in [0.5, 0.6) is 11.5 Å². The summed E-state index contributed by atoms with van der Waals surface area (Å²) < 4.78 is 10.7. The Bertz CT molecular complexity index is 810. The van der Waals surface area contributed by atoms with Crippen LogP contribution >= 0.6 is 0 Å². The van der Waals surface area contributed by atoms with Crippen molar-refractivity contribution in [1.82, 2.24) is 10.2 Å². The Morgan fingerprint density at radius 2 is 1.90 bits per heavy atom. The molecule has 0 amide bonds. The first-order chi connectivity index (χ1) is 14.7. The molecule has 0 spiro atoms. The number of methoxy groups -OCH3 is 2. The number of nitrogens with zero attached hydrogens (tertiary/aromatic N) is 2. The Kier molecular flexibility index (Phi) is 8.39. The predicted molar refractivity (Wildman–Crippen MR) is 124 cm³/mol. The van der Waals surface area contributed by atoms with Crippen molar-refractivity contribution in [2.24, 2.45) is 10.9 Å². The second-order valence-electron chi connectivity index (χ2n) is 7.61. The summed E-state index contributed by atoms with van der Waals surface area (Å²) in [7, 11) is 3.28. The molecule has 2 aromatic rings. The van der Waals surface area contributed by atoms with Crippen LogP contribution in [0.2, 0.25) is 0 Å². The van der Waals surface area contributed by atoms with E-state index in [1.165, 1.54) is 12.0 Å². The van der Waals surface area contributed by atoms with Crippen LogP contribution in [0.3, 0.4) is 0 Å². The minimum atomic E-state index is 0.599. The number of benzene rings is 2. The van der Waals surface area contributed by atoms with E-state index in [1.54, 1.807) is 14.2 Å². The van der Waals surface area contributed by atoms with Crippen molar-refractivity contribution < 1.29 is 9.47 Å². The van der Waals surface area contributed by atoms with Gasteiger partial charge in [-0.05, 0) is 49.9 Å². The highest BCUT2D eigenvalue weighted by Crippen LogP contribution is 2.29. The molecule has 0 aliphatic carbocycles. The van der Waals surface area contributed by atoms with Crippen molar-refractivity contribution in [3.05, 3.63) is 54.1 Å². The predicted octanol–water partition coefficient (Wildman–Crippen LogP) is 3.65. The van der Waals surface area contributed by atoms with Gasteiger partial charge in [0.15, 0.2) is 17.5 Å². The van der Waals surface area contributed by atoms with E-state index in [2.05, 4.69) is 52.8 Å². The lowest BCUT2D eigenvalue weighted by Crippen LogP contribution is -2.31. The molecule has 2 N–H and O–H groups in total. The lowest BCUT2D eigenvalue weighted by molar-refractivity contribution is 0.330. The highest BCUT2D eigenvalue weighted by atomic mass is 16.5. The Hall–Kier alpha value is -2.73. The lowest BCUT2D eigenvalue weighted by Gasteiger charge is -2.16. The quantitative estimate of drug-likeness (QED) is 0.488. The molecule has 0 aromatic heterocycles. The number of guanidine groups is 1. The van der Waals surface area contributed by atoms with Crippen LogP contribution in [0.15, 0.2) is 53.5 Å². The van der Waals surface area contributed by atoms with Crippen molar-refractivity contribution in [3.63, 3.8) is 0 Å². The first-order valence-electron chi connectivity index (χ1n) is 10.8. The van der Waals surface area contributed by atoms with Gasteiger partial charge in [-0.25, -0.2) is 0 Å². The van der Waals surface area contributed by atoms with Crippen molar-refractivity contribution >= 4 is 11.6 Å². The van der Waals surface area contributed by atoms with Gasteiger partial charge in [0.1, 0.15) is 0 Å². The number of anilines is 1. The Balaban J connectivity index is 1.52. The van der Waals surface area contributed by atoms with Gasteiger partial charge in [0.25, 0.3) is 0 Å². The maximum atomic E-state index is 5.40. The fourth-order valence-electron chi connectivity index (χ4n) is 3.78. The summed E-state index contributed by atoms with van der Waals surface area (Å²) in [4.78, 5) is 7.39. The summed E-state index contributed by atoms with van der Waals surface area (Å²) in [6.07, 6.45) is 2.31. The number of hydrogen-bond donors (Lipinski definition) is 2. The summed E-state index contributed by atoms with van der Waals surface area (Å²) in [6.45, 7) is 7.11. The molecule has 2 aromatic carbocycles. The molecule has 1 fully saturated rings. The lowest BCUT2D eigenvalue weighted by atomic mass is 10.1. The van der Waals surface area contributed by atoms with E-state index in [4.69, 9.17) is 14.5 Å². The van der Waals surface area contributed by atoms with E-state index >= 15 is 0 Å². The third-order valence-electron chi connectivity index (χ3n) is 5.43. The van der Waals surface area contributed by atoms with E-state index in [9.17, 15) is 0 Å². The van der Waals surface area contributed by atoms with Crippen LogP contribution in [0.25, 0.3) is 0 Å². The molecule has 1 saturated heterocycles. The fourth-order valence-corrected chi connectivity index (χ4v) is 3.78. The van der Waals surface area contributed by atoms with Crippen LogP contribution in [-0.2, 0) is 6.42 Å². The van der Waals surface area contributed by atoms with E-state index in [1.807, 2.05) is 18.2 Å². The first-order valence-corrected chi connectivity index (χ1v) is 10.8. The van der Waals surface area contributed by atoms with Gasteiger partial charge in [0.2, 0.25) is 0 Å². The third-order valence-corrected chi connectivity index (χ3v) is 5.43. The van der Waals surface area contributed by atoms with Gasteiger partial charge in [0, 0.05) is 37.9 Å². The minimum Gasteiger partial charge on any atom is -0.493 e. The minimum absolute atomic E-state index is 0.599. The molecule has 0 bridgehead atoms. The second-order valence-corrected chi connectivity index (χ2v) is 7.61. The smallest absolute Gasteiger partial charge is 0.195 e. The van der Waals surface area contributed by atoms with Crippen molar-refractivity contribution in [2.75, 3.05) is 52.3 Å².